The van der Waals surface area contributed by atoms with E-state index in [1.807, 2.05) is 6.07 Å². The fourth-order valence-electron chi connectivity index (χ4n) is 4.24. The summed E-state index contributed by atoms with van der Waals surface area (Å²) in [6, 6.07) is 5.76. The molecule has 3 N–H and O–H groups in total. The molecule has 0 unspecified atom stereocenters. The SMILES string of the molecule is O=C(O)C1(CCCCCc2cc(O)cc(CCCCC3(C(=O)O)CC3)c2)CC1. The zero-order valence-corrected chi connectivity index (χ0v) is 16.6. The van der Waals surface area contributed by atoms with E-state index in [1.54, 1.807) is 6.07 Å². The van der Waals surface area contributed by atoms with Crippen molar-refractivity contribution in [3.8, 4) is 5.75 Å². The van der Waals surface area contributed by atoms with Gasteiger partial charge >= 0.3 is 11.9 Å². The topological polar surface area (TPSA) is 94.8 Å². The van der Waals surface area contributed by atoms with Gasteiger partial charge in [-0.1, -0.05) is 25.3 Å². The second-order valence-corrected chi connectivity index (χ2v) is 8.95. The summed E-state index contributed by atoms with van der Waals surface area (Å²) in [5.74, 6) is -0.997. The predicted molar refractivity (Wildman–Crippen MR) is 106 cm³/mol. The zero-order valence-electron chi connectivity index (χ0n) is 16.6. The molecule has 2 fully saturated rings. The number of phenolic OH excluding ortho intramolecular Hbond substituents is 1. The van der Waals surface area contributed by atoms with Crippen LogP contribution in [0.5, 0.6) is 5.75 Å². The quantitative estimate of drug-likeness (QED) is 0.416. The first-order valence-electron chi connectivity index (χ1n) is 10.6. The van der Waals surface area contributed by atoms with E-state index in [0.29, 0.717) is 5.75 Å². The summed E-state index contributed by atoms with van der Waals surface area (Å²) >= 11 is 0. The molecule has 2 aliphatic rings. The normalized spacial score (nSPS) is 18.6. The van der Waals surface area contributed by atoms with Crippen molar-refractivity contribution < 1.29 is 24.9 Å². The van der Waals surface area contributed by atoms with Crippen LogP contribution in [0.1, 0.15) is 81.8 Å². The van der Waals surface area contributed by atoms with Crippen LogP contribution in [0.15, 0.2) is 18.2 Å². The van der Waals surface area contributed by atoms with Crippen LogP contribution in [0.2, 0.25) is 0 Å². The van der Waals surface area contributed by atoms with Crippen LogP contribution in [-0.2, 0) is 22.4 Å². The average Bonchev–Trinajstić information content (AvgIpc) is 3.53. The van der Waals surface area contributed by atoms with E-state index in [2.05, 4.69) is 6.07 Å². The molecular weight excluding hydrogens is 356 g/mol. The fraction of sp³-hybridized carbons (Fsp3) is 0.652. The Kier molecular flexibility index (Phi) is 6.31. The number of hydrogen-bond donors (Lipinski definition) is 3. The lowest BCUT2D eigenvalue weighted by atomic mass is 9.95. The Bertz CT molecular complexity index is 716. The molecule has 5 nitrogen and oxygen atoms in total. The minimum Gasteiger partial charge on any atom is -0.508 e. The first kappa shape index (κ1) is 20.7. The van der Waals surface area contributed by atoms with Crippen molar-refractivity contribution in [1.29, 1.82) is 0 Å². The van der Waals surface area contributed by atoms with Crippen molar-refractivity contribution in [3.05, 3.63) is 29.3 Å². The first-order chi connectivity index (χ1) is 13.4. The number of benzene rings is 1. The van der Waals surface area contributed by atoms with Gasteiger partial charge < -0.3 is 15.3 Å². The van der Waals surface area contributed by atoms with Gasteiger partial charge in [-0.3, -0.25) is 9.59 Å². The Hall–Kier alpha value is -2.04. The lowest BCUT2D eigenvalue weighted by Crippen LogP contribution is -2.14. The molecule has 0 aliphatic heterocycles. The van der Waals surface area contributed by atoms with Crippen molar-refractivity contribution in [3.63, 3.8) is 0 Å². The number of carbonyl (C=O) groups is 2. The summed E-state index contributed by atoms with van der Waals surface area (Å²) in [7, 11) is 0. The van der Waals surface area contributed by atoms with E-state index in [4.69, 9.17) is 0 Å². The summed E-state index contributed by atoms with van der Waals surface area (Å²) in [4.78, 5) is 22.4. The maximum atomic E-state index is 11.2. The summed E-state index contributed by atoms with van der Waals surface area (Å²) in [5.41, 5.74) is 1.37. The standard InChI is InChI=1S/C23H32O5/c24-19-15-17(6-2-1-4-8-22(10-11-22)20(25)26)14-18(16-19)7-3-5-9-23(12-13-23)21(27)28/h14-16,24H,1-13H2,(H,25,26)(H,27,28). The van der Waals surface area contributed by atoms with Crippen molar-refractivity contribution in [2.75, 3.05) is 0 Å². The zero-order chi connectivity index (χ0) is 20.2. The van der Waals surface area contributed by atoms with Gasteiger partial charge in [-0.05, 0) is 87.5 Å². The highest BCUT2D eigenvalue weighted by molar-refractivity contribution is 5.78. The van der Waals surface area contributed by atoms with Gasteiger partial charge in [-0.15, -0.1) is 0 Å². The number of hydrogen-bond acceptors (Lipinski definition) is 3. The summed E-state index contributed by atoms with van der Waals surface area (Å²) in [6.45, 7) is 0. The maximum absolute atomic E-state index is 11.2. The van der Waals surface area contributed by atoms with Crippen molar-refractivity contribution in [2.45, 2.75) is 83.5 Å². The molecule has 28 heavy (non-hydrogen) atoms. The molecule has 0 saturated heterocycles. The molecule has 0 atom stereocenters. The van der Waals surface area contributed by atoms with E-state index in [0.717, 1.165) is 94.6 Å². The smallest absolute Gasteiger partial charge is 0.309 e. The molecule has 2 aliphatic carbocycles. The summed E-state index contributed by atoms with van der Waals surface area (Å²) in [6.07, 6.45) is 11.4. The van der Waals surface area contributed by atoms with Crippen molar-refractivity contribution in [2.24, 2.45) is 10.8 Å². The maximum Gasteiger partial charge on any atom is 0.309 e. The fourth-order valence-corrected chi connectivity index (χ4v) is 4.24. The van der Waals surface area contributed by atoms with Crippen LogP contribution in [0.3, 0.4) is 0 Å². The third-order valence-corrected chi connectivity index (χ3v) is 6.64. The van der Waals surface area contributed by atoms with Gasteiger partial charge in [-0.25, -0.2) is 0 Å². The molecule has 0 amide bonds. The van der Waals surface area contributed by atoms with E-state index < -0.39 is 22.8 Å². The third kappa shape index (κ3) is 5.27. The van der Waals surface area contributed by atoms with Crippen LogP contribution in [0.4, 0.5) is 0 Å². The van der Waals surface area contributed by atoms with Crippen molar-refractivity contribution >= 4 is 11.9 Å². The van der Waals surface area contributed by atoms with Crippen LogP contribution >= 0.6 is 0 Å². The molecule has 0 radical (unpaired) electrons. The third-order valence-electron chi connectivity index (χ3n) is 6.64. The van der Waals surface area contributed by atoms with Gasteiger partial charge in [0.15, 0.2) is 0 Å². The second-order valence-electron chi connectivity index (χ2n) is 8.95. The number of carboxylic acids is 2. The highest BCUT2D eigenvalue weighted by Gasteiger charge is 2.49. The minimum absolute atomic E-state index is 0.291. The Morgan fingerprint density at radius 3 is 1.57 bits per heavy atom. The number of carboxylic acid groups (broad SMARTS) is 2. The number of phenols is 1. The van der Waals surface area contributed by atoms with Crippen LogP contribution in [0, 0.1) is 10.8 Å². The van der Waals surface area contributed by atoms with Gasteiger partial charge in [0, 0.05) is 0 Å². The molecule has 0 heterocycles. The largest absolute Gasteiger partial charge is 0.508 e. The molecule has 2 saturated carbocycles. The van der Waals surface area contributed by atoms with Gasteiger partial charge in [0.1, 0.15) is 5.75 Å². The second kappa shape index (κ2) is 8.54. The highest BCUT2D eigenvalue weighted by atomic mass is 16.4. The van der Waals surface area contributed by atoms with Crippen LogP contribution in [-0.4, -0.2) is 27.3 Å². The molecule has 0 aromatic heterocycles. The Morgan fingerprint density at radius 2 is 1.14 bits per heavy atom. The molecule has 0 bridgehead atoms. The van der Waals surface area contributed by atoms with Gasteiger partial charge in [0.05, 0.1) is 10.8 Å². The predicted octanol–water partition coefficient (Wildman–Crippen LogP) is 4.94. The molecule has 3 rings (SSSR count). The Morgan fingerprint density at radius 1 is 0.714 bits per heavy atom. The molecule has 5 heteroatoms. The monoisotopic (exact) mass is 388 g/mol. The van der Waals surface area contributed by atoms with E-state index >= 15 is 0 Å². The number of unbranched alkanes of at least 4 members (excludes halogenated alkanes) is 3. The lowest BCUT2D eigenvalue weighted by molar-refractivity contribution is -0.144. The van der Waals surface area contributed by atoms with Gasteiger partial charge in [0.2, 0.25) is 0 Å². The highest BCUT2D eigenvalue weighted by Crippen LogP contribution is 2.50. The molecule has 154 valence electrons. The lowest BCUT2D eigenvalue weighted by Gasteiger charge is -2.11. The van der Waals surface area contributed by atoms with Crippen LogP contribution < -0.4 is 0 Å². The Balaban J connectivity index is 1.37. The number of aliphatic carboxylic acids is 2. The first-order valence-corrected chi connectivity index (χ1v) is 10.6. The summed E-state index contributed by atoms with van der Waals surface area (Å²) in [5, 5.41) is 28.4. The van der Waals surface area contributed by atoms with Crippen molar-refractivity contribution in [1.82, 2.24) is 0 Å². The molecule has 1 aromatic rings. The molecule has 0 spiro atoms. The summed E-state index contributed by atoms with van der Waals surface area (Å²) < 4.78 is 0. The molecule has 1 aromatic carbocycles. The van der Waals surface area contributed by atoms with Crippen LogP contribution in [0.25, 0.3) is 0 Å². The Labute approximate surface area is 166 Å². The minimum atomic E-state index is -0.650. The van der Waals surface area contributed by atoms with Gasteiger partial charge in [0.25, 0.3) is 0 Å². The molecular formula is C23H32O5. The van der Waals surface area contributed by atoms with E-state index in [1.165, 1.54) is 0 Å². The average molecular weight is 389 g/mol. The van der Waals surface area contributed by atoms with E-state index in [-0.39, 0.29) is 0 Å². The number of aromatic hydroxyl groups is 1. The van der Waals surface area contributed by atoms with E-state index in [9.17, 15) is 24.9 Å². The van der Waals surface area contributed by atoms with Gasteiger partial charge in [-0.2, -0.15) is 0 Å². The number of rotatable bonds is 13. The number of aryl methyl sites for hydroxylation is 2.